The van der Waals surface area contributed by atoms with Gasteiger partial charge in [0.2, 0.25) is 0 Å². The van der Waals surface area contributed by atoms with Gasteiger partial charge in [-0.05, 0) is 18.2 Å². The van der Waals surface area contributed by atoms with Crippen molar-refractivity contribution in [2.75, 3.05) is 13.2 Å². The Morgan fingerprint density at radius 2 is 1.70 bits per heavy atom. The van der Waals surface area contributed by atoms with Gasteiger partial charge >= 0.3 is 5.97 Å². The fourth-order valence-corrected chi connectivity index (χ4v) is 2.29. The Hall–Kier alpha value is -2.99. The smallest absolute Gasteiger partial charge is 0.359 e. The Bertz CT molecular complexity index is 903. The number of nitrogens with zero attached hydrogens (tertiary/aromatic N) is 2. The molecule has 0 atom stereocenters. The number of aliphatic hydroxyl groups excluding tert-OH is 1. The van der Waals surface area contributed by atoms with Crippen molar-refractivity contribution in [3.05, 3.63) is 70.6 Å². The van der Waals surface area contributed by atoms with Crippen LogP contribution in [0.25, 0.3) is 16.5 Å². The monoisotopic (exact) mass is 310 g/mol. The Morgan fingerprint density at radius 3 is 2.39 bits per heavy atom. The number of para-hydroxylation sites is 1. The third-order valence-electron chi connectivity index (χ3n) is 3.32. The number of aliphatic hydroxyl groups is 1. The van der Waals surface area contributed by atoms with Crippen LogP contribution in [0.5, 0.6) is 0 Å². The minimum atomic E-state index is -0.681. The summed E-state index contributed by atoms with van der Waals surface area (Å²) in [5.41, 5.74) is 0.280. The van der Waals surface area contributed by atoms with Crippen LogP contribution < -0.4 is 5.56 Å². The molecular weight excluding hydrogens is 296 g/mol. The van der Waals surface area contributed by atoms with Crippen LogP contribution >= 0.6 is 0 Å². The van der Waals surface area contributed by atoms with E-state index in [1.54, 1.807) is 48.5 Å². The van der Waals surface area contributed by atoms with Crippen LogP contribution in [-0.2, 0) is 4.74 Å². The van der Waals surface area contributed by atoms with Crippen molar-refractivity contribution < 1.29 is 14.6 Å². The van der Waals surface area contributed by atoms with Crippen LogP contribution in [0.4, 0.5) is 0 Å². The van der Waals surface area contributed by atoms with Gasteiger partial charge in [0.05, 0.1) is 17.7 Å². The minimum absolute atomic E-state index is 0.0394. The molecule has 0 saturated heterocycles. The molecule has 0 aliphatic heterocycles. The number of esters is 1. The summed E-state index contributed by atoms with van der Waals surface area (Å²) < 4.78 is 6.13. The van der Waals surface area contributed by atoms with Crippen LogP contribution in [0.15, 0.2) is 59.4 Å². The standard InChI is InChI=1S/C17H14N2O4/c20-10-11-23-17(22)15-13-8-4-5-9-14(13)16(21)19(18-15)12-6-2-1-3-7-12/h1-9,20H,10-11H2. The third kappa shape index (κ3) is 2.84. The van der Waals surface area contributed by atoms with Gasteiger partial charge in [-0.2, -0.15) is 9.78 Å². The number of fused-ring (bicyclic) bond motifs is 1. The number of rotatable bonds is 4. The first-order valence-electron chi connectivity index (χ1n) is 7.08. The quantitative estimate of drug-likeness (QED) is 0.739. The van der Waals surface area contributed by atoms with Crippen molar-refractivity contribution in [3.8, 4) is 5.69 Å². The van der Waals surface area contributed by atoms with E-state index in [2.05, 4.69) is 5.10 Å². The first-order valence-corrected chi connectivity index (χ1v) is 7.08. The van der Waals surface area contributed by atoms with E-state index in [-0.39, 0.29) is 24.5 Å². The minimum Gasteiger partial charge on any atom is -0.458 e. The zero-order chi connectivity index (χ0) is 16.2. The normalized spacial score (nSPS) is 10.7. The van der Waals surface area contributed by atoms with Crippen LogP contribution in [-0.4, -0.2) is 34.1 Å². The first-order chi connectivity index (χ1) is 11.2. The second-order valence-corrected chi connectivity index (χ2v) is 4.81. The Kier molecular flexibility index (Phi) is 4.16. The number of carbonyl (C=O) groups excluding carboxylic acids is 1. The Morgan fingerprint density at radius 1 is 1.04 bits per heavy atom. The number of carbonyl (C=O) groups is 1. The molecular formula is C17H14N2O4. The molecule has 23 heavy (non-hydrogen) atoms. The van der Waals surface area contributed by atoms with E-state index < -0.39 is 5.97 Å². The molecule has 0 aliphatic rings. The molecule has 0 spiro atoms. The molecule has 1 heterocycles. The van der Waals surface area contributed by atoms with E-state index in [4.69, 9.17) is 9.84 Å². The molecule has 0 saturated carbocycles. The van der Waals surface area contributed by atoms with E-state index in [1.807, 2.05) is 6.07 Å². The predicted octanol–water partition coefficient (Wildman–Crippen LogP) is 1.53. The van der Waals surface area contributed by atoms with Crippen LogP contribution in [0.1, 0.15) is 10.5 Å². The number of benzene rings is 2. The SMILES string of the molecule is O=C(OCCO)c1nn(-c2ccccc2)c(=O)c2ccccc12. The van der Waals surface area contributed by atoms with Crippen LogP contribution in [0, 0.1) is 0 Å². The van der Waals surface area contributed by atoms with Gasteiger partial charge in [-0.15, -0.1) is 0 Å². The van der Waals surface area contributed by atoms with E-state index in [0.717, 1.165) is 0 Å². The van der Waals surface area contributed by atoms with Gasteiger partial charge in [-0.1, -0.05) is 36.4 Å². The first kappa shape index (κ1) is 14.9. The maximum atomic E-state index is 12.6. The number of hydrogen-bond donors (Lipinski definition) is 1. The molecule has 116 valence electrons. The fourth-order valence-electron chi connectivity index (χ4n) is 2.29. The molecule has 2 aromatic carbocycles. The number of ether oxygens (including phenoxy) is 1. The highest BCUT2D eigenvalue weighted by Gasteiger charge is 2.18. The molecule has 0 amide bonds. The largest absolute Gasteiger partial charge is 0.458 e. The summed E-state index contributed by atoms with van der Waals surface area (Å²) in [6.07, 6.45) is 0. The topological polar surface area (TPSA) is 81.4 Å². The van der Waals surface area contributed by atoms with E-state index in [9.17, 15) is 9.59 Å². The van der Waals surface area contributed by atoms with Gasteiger partial charge in [0, 0.05) is 5.39 Å². The van der Waals surface area contributed by atoms with Gasteiger partial charge in [0.15, 0.2) is 5.69 Å². The lowest BCUT2D eigenvalue weighted by molar-refractivity contribution is 0.0427. The average Bonchev–Trinajstić information content (AvgIpc) is 2.61. The van der Waals surface area contributed by atoms with Crippen molar-refractivity contribution in [1.29, 1.82) is 0 Å². The fraction of sp³-hybridized carbons (Fsp3) is 0.118. The maximum Gasteiger partial charge on any atom is 0.359 e. The highest BCUT2D eigenvalue weighted by Crippen LogP contribution is 2.16. The lowest BCUT2D eigenvalue weighted by atomic mass is 10.1. The summed E-state index contributed by atoms with van der Waals surface area (Å²) in [4.78, 5) is 24.8. The summed E-state index contributed by atoms with van der Waals surface area (Å²) in [7, 11) is 0. The van der Waals surface area contributed by atoms with Gasteiger partial charge in [-0.25, -0.2) is 4.79 Å². The summed E-state index contributed by atoms with van der Waals surface area (Å²) >= 11 is 0. The average molecular weight is 310 g/mol. The van der Waals surface area contributed by atoms with Crippen molar-refractivity contribution in [2.45, 2.75) is 0 Å². The van der Waals surface area contributed by atoms with E-state index in [0.29, 0.717) is 16.5 Å². The van der Waals surface area contributed by atoms with Gasteiger partial charge in [-0.3, -0.25) is 4.79 Å². The molecule has 3 aromatic rings. The van der Waals surface area contributed by atoms with Crippen molar-refractivity contribution in [2.24, 2.45) is 0 Å². The molecule has 1 N–H and O–H groups in total. The summed E-state index contributed by atoms with van der Waals surface area (Å²) in [5.74, 6) is -0.681. The molecule has 3 rings (SSSR count). The van der Waals surface area contributed by atoms with Crippen molar-refractivity contribution >= 4 is 16.7 Å². The number of aromatic nitrogens is 2. The molecule has 0 unspecified atom stereocenters. The van der Waals surface area contributed by atoms with Crippen LogP contribution in [0.3, 0.4) is 0 Å². The van der Waals surface area contributed by atoms with Crippen molar-refractivity contribution in [3.63, 3.8) is 0 Å². The second-order valence-electron chi connectivity index (χ2n) is 4.81. The summed E-state index contributed by atoms with van der Waals surface area (Å²) in [6.45, 7) is -0.401. The van der Waals surface area contributed by atoms with E-state index in [1.165, 1.54) is 4.68 Å². The summed E-state index contributed by atoms with van der Waals surface area (Å²) in [5, 5.41) is 13.8. The Balaban J connectivity index is 2.25. The molecule has 0 aliphatic carbocycles. The van der Waals surface area contributed by atoms with Crippen molar-refractivity contribution in [1.82, 2.24) is 9.78 Å². The summed E-state index contributed by atoms with van der Waals surface area (Å²) in [6, 6.07) is 15.6. The molecule has 0 bridgehead atoms. The van der Waals surface area contributed by atoms with Gasteiger partial charge in [0.1, 0.15) is 6.61 Å². The highest BCUT2D eigenvalue weighted by atomic mass is 16.5. The molecule has 6 heteroatoms. The zero-order valence-corrected chi connectivity index (χ0v) is 12.2. The maximum absolute atomic E-state index is 12.6. The molecule has 1 aromatic heterocycles. The lowest BCUT2D eigenvalue weighted by Crippen LogP contribution is -2.25. The second kappa shape index (κ2) is 6.41. The van der Waals surface area contributed by atoms with Gasteiger partial charge < -0.3 is 9.84 Å². The van der Waals surface area contributed by atoms with Crippen LogP contribution in [0.2, 0.25) is 0 Å². The number of hydrogen-bond acceptors (Lipinski definition) is 5. The van der Waals surface area contributed by atoms with E-state index >= 15 is 0 Å². The highest BCUT2D eigenvalue weighted by molar-refractivity contribution is 6.02. The zero-order valence-electron chi connectivity index (χ0n) is 12.2. The molecule has 6 nitrogen and oxygen atoms in total. The lowest BCUT2D eigenvalue weighted by Gasteiger charge is -2.10. The van der Waals surface area contributed by atoms with Gasteiger partial charge in [0.25, 0.3) is 5.56 Å². The molecule has 0 fully saturated rings. The third-order valence-corrected chi connectivity index (χ3v) is 3.32. The Labute approximate surface area is 131 Å². The predicted molar refractivity (Wildman–Crippen MR) is 84.7 cm³/mol. The molecule has 0 radical (unpaired) electrons.